The maximum atomic E-state index is 13.0. The second-order valence-electron chi connectivity index (χ2n) is 6.70. The van der Waals surface area contributed by atoms with E-state index in [1.807, 2.05) is 38.1 Å². The zero-order valence-electron chi connectivity index (χ0n) is 14.6. The Morgan fingerprint density at radius 2 is 1.96 bits per heavy atom. The Morgan fingerprint density at radius 3 is 2.65 bits per heavy atom. The third-order valence-electron chi connectivity index (χ3n) is 5.27. The first-order valence-corrected chi connectivity index (χ1v) is 9.55. The quantitative estimate of drug-likeness (QED) is 0.495. The molecule has 3 heterocycles. The van der Waals surface area contributed by atoms with Crippen LogP contribution in [-0.2, 0) is 5.60 Å². The van der Waals surface area contributed by atoms with Crippen molar-refractivity contribution in [3.63, 3.8) is 0 Å². The van der Waals surface area contributed by atoms with Crippen molar-refractivity contribution in [1.29, 1.82) is 0 Å². The number of hydrazine groups is 1. The van der Waals surface area contributed by atoms with E-state index in [1.54, 1.807) is 0 Å². The van der Waals surface area contributed by atoms with Gasteiger partial charge in [-0.1, -0.05) is 26.0 Å². The number of aromatic amines is 1. The normalized spacial score (nSPS) is 17.1. The molecule has 1 atom stereocenters. The van der Waals surface area contributed by atoms with Gasteiger partial charge in [0.05, 0.1) is 21.0 Å². The van der Waals surface area contributed by atoms with Gasteiger partial charge < -0.3 is 15.5 Å². The number of aliphatic hydroxyl groups is 1. The van der Waals surface area contributed by atoms with E-state index in [2.05, 4.69) is 15.8 Å². The van der Waals surface area contributed by atoms with Crippen LogP contribution in [0, 0.1) is 0 Å². The summed E-state index contributed by atoms with van der Waals surface area (Å²) in [6, 6.07) is 9.25. The van der Waals surface area contributed by atoms with Gasteiger partial charge in [0.25, 0.3) is 6.43 Å². The monoisotopic (exact) mass is 377 g/mol. The van der Waals surface area contributed by atoms with E-state index in [-0.39, 0.29) is 10.9 Å². The molecule has 3 aromatic rings. The Labute approximate surface area is 154 Å². The summed E-state index contributed by atoms with van der Waals surface area (Å²) in [6.45, 7) is 3.95. The Balaban J connectivity index is 1.71. The molecule has 0 amide bonds. The number of fused-ring (bicyclic) bond motifs is 2. The van der Waals surface area contributed by atoms with Gasteiger partial charge in [0.15, 0.2) is 0 Å². The van der Waals surface area contributed by atoms with Crippen LogP contribution in [0.1, 0.15) is 60.2 Å². The van der Waals surface area contributed by atoms with Crippen LogP contribution in [-0.4, -0.2) is 10.1 Å². The fraction of sp³-hybridized carbons (Fsp3) is 0.368. The molecule has 0 fully saturated rings. The highest BCUT2D eigenvalue weighted by atomic mass is 32.1. The van der Waals surface area contributed by atoms with Gasteiger partial charge in [0.1, 0.15) is 6.04 Å². The molecule has 4 nitrogen and oxygen atoms in total. The van der Waals surface area contributed by atoms with Gasteiger partial charge in [0, 0.05) is 11.2 Å². The summed E-state index contributed by atoms with van der Waals surface area (Å²) in [6.07, 6.45) is -1.17. The molecular weight excluding hydrogens is 356 g/mol. The van der Waals surface area contributed by atoms with Crippen LogP contribution in [0.5, 0.6) is 0 Å². The maximum absolute atomic E-state index is 13.0. The first-order chi connectivity index (χ1) is 12.4. The highest BCUT2D eigenvalue weighted by Gasteiger charge is 2.30. The summed E-state index contributed by atoms with van der Waals surface area (Å²) in [5.74, 6) is 0. The predicted octanol–water partition coefficient (Wildman–Crippen LogP) is 5.19. The van der Waals surface area contributed by atoms with Crippen LogP contribution < -0.4 is 10.9 Å². The summed E-state index contributed by atoms with van der Waals surface area (Å²) in [5, 5.41) is 11.8. The van der Waals surface area contributed by atoms with Gasteiger partial charge in [-0.3, -0.25) is 0 Å². The first kappa shape index (κ1) is 17.5. The molecule has 1 aromatic carbocycles. The second kappa shape index (κ2) is 6.33. The summed E-state index contributed by atoms with van der Waals surface area (Å²) in [7, 11) is 0. The molecule has 4 rings (SSSR count). The Morgan fingerprint density at radius 1 is 1.19 bits per heavy atom. The van der Waals surface area contributed by atoms with E-state index in [1.165, 1.54) is 6.07 Å². The number of alkyl halides is 2. The van der Waals surface area contributed by atoms with Crippen LogP contribution in [0.4, 0.5) is 14.5 Å². The summed E-state index contributed by atoms with van der Waals surface area (Å²) in [5.41, 5.74) is 8.73. The molecule has 0 bridgehead atoms. The Hall–Kier alpha value is -1.96. The highest BCUT2D eigenvalue weighted by molar-refractivity contribution is 7.12. The minimum Gasteiger partial charge on any atom is -0.385 e. The van der Waals surface area contributed by atoms with Crippen molar-refractivity contribution in [3.05, 3.63) is 51.3 Å². The Kier molecular flexibility index (Phi) is 4.25. The van der Waals surface area contributed by atoms with Crippen LogP contribution >= 0.6 is 11.3 Å². The molecular formula is C19H21F2N3OS. The summed E-state index contributed by atoms with van der Waals surface area (Å²) in [4.78, 5) is 4.31. The average molecular weight is 377 g/mol. The van der Waals surface area contributed by atoms with Gasteiger partial charge in [-0.05, 0) is 42.0 Å². The number of hydrogen-bond acceptors (Lipinski definition) is 4. The number of nitrogens with one attached hydrogen (secondary N) is 3. The zero-order chi connectivity index (χ0) is 18.5. The third kappa shape index (κ3) is 2.71. The first-order valence-electron chi connectivity index (χ1n) is 8.74. The molecule has 0 saturated carbocycles. The number of anilines is 1. The number of halogens is 2. The van der Waals surface area contributed by atoms with Crippen molar-refractivity contribution >= 4 is 27.9 Å². The number of rotatable bonds is 5. The molecule has 138 valence electrons. The lowest BCUT2D eigenvalue weighted by atomic mass is 9.88. The lowest BCUT2D eigenvalue weighted by molar-refractivity contribution is 0.0285. The van der Waals surface area contributed by atoms with E-state index >= 15 is 0 Å². The van der Waals surface area contributed by atoms with Gasteiger partial charge in [-0.2, -0.15) is 0 Å². The summed E-state index contributed by atoms with van der Waals surface area (Å²) >= 11 is 1.12. The van der Waals surface area contributed by atoms with Crippen LogP contribution in [0.2, 0.25) is 0 Å². The van der Waals surface area contributed by atoms with E-state index in [0.29, 0.717) is 18.5 Å². The van der Waals surface area contributed by atoms with E-state index in [4.69, 9.17) is 0 Å². The van der Waals surface area contributed by atoms with E-state index in [0.717, 1.165) is 38.4 Å². The third-order valence-corrected chi connectivity index (χ3v) is 6.48. The molecule has 1 aliphatic rings. The van der Waals surface area contributed by atoms with Crippen LogP contribution in [0.15, 0.2) is 30.3 Å². The Bertz CT molecular complexity index is 946. The molecule has 1 unspecified atom stereocenters. The van der Waals surface area contributed by atoms with Crippen LogP contribution in [0.25, 0.3) is 10.9 Å². The fourth-order valence-corrected chi connectivity index (χ4v) is 4.58. The maximum Gasteiger partial charge on any atom is 0.272 e. The largest absolute Gasteiger partial charge is 0.385 e. The van der Waals surface area contributed by atoms with Crippen molar-refractivity contribution in [2.75, 3.05) is 5.43 Å². The zero-order valence-corrected chi connectivity index (χ0v) is 15.4. The van der Waals surface area contributed by atoms with Crippen molar-refractivity contribution in [2.45, 2.75) is 44.8 Å². The van der Waals surface area contributed by atoms with Gasteiger partial charge >= 0.3 is 0 Å². The molecule has 4 N–H and O–H groups in total. The van der Waals surface area contributed by atoms with Gasteiger partial charge in [-0.25, -0.2) is 14.2 Å². The van der Waals surface area contributed by atoms with Gasteiger partial charge in [-0.15, -0.1) is 11.3 Å². The highest BCUT2D eigenvalue weighted by Crippen LogP contribution is 2.43. The minimum absolute atomic E-state index is 0.0725. The molecule has 2 aromatic heterocycles. The standard InChI is InChI=1S/C19H21F2N3OS/c1-3-19(25,4-2)11-6-5-10-7-13(22-12(10)8-11)16-17-14(23-24-16)9-15(26-17)18(20)21/h5-9,16,18,22-25H,3-4H2,1-2H3. The second-order valence-corrected chi connectivity index (χ2v) is 7.81. The van der Waals surface area contributed by atoms with Crippen molar-refractivity contribution < 1.29 is 13.9 Å². The van der Waals surface area contributed by atoms with Crippen molar-refractivity contribution in [2.24, 2.45) is 0 Å². The molecule has 0 spiro atoms. The fourth-order valence-electron chi connectivity index (χ4n) is 3.53. The topological polar surface area (TPSA) is 60.1 Å². The van der Waals surface area contributed by atoms with Crippen molar-refractivity contribution in [3.8, 4) is 0 Å². The summed E-state index contributed by atoms with van der Waals surface area (Å²) < 4.78 is 25.9. The minimum atomic E-state index is -2.46. The number of thiophene rings is 1. The lowest BCUT2D eigenvalue weighted by Gasteiger charge is -2.25. The van der Waals surface area contributed by atoms with Crippen LogP contribution in [0.3, 0.4) is 0 Å². The number of H-pyrrole nitrogens is 1. The molecule has 7 heteroatoms. The molecule has 0 saturated heterocycles. The molecule has 26 heavy (non-hydrogen) atoms. The van der Waals surface area contributed by atoms with Gasteiger partial charge in [0.2, 0.25) is 0 Å². The molecule has 0 aliphatic carbocycles. The SMILES string of the molecule is CCC(O)(CC)c1ccc2cc(C3NNc4cc(C(F)F)sc43)[nH]c2c1. The van der Waals surface area contributed by atoms with E-state index in [9.17, 15) is 13.9 Å². The van der Waals surface area contributed by atoms with E-state index < -0.39 is 12.0 Å². The average Bonchev–Trinajstić information content (AvgIpc) is 3.33. The number of aromatic nitrogens is 1. The van der Waals surface area contributed by atoms with Crippen molar-refractivity contribution in [1.82, 2.24) is 10.4 Å². The predicted molar refractivity (Wildman–Crippen MR) is 101 cm³/mol. The lowest BCUT2D eigenvalue weighted by Crippen LogP contribution is -2.23. The molecule has 0 radical (unpaired) electrons. The molecule has 1 aliphatic heterocycles. The number of benzene rings is 1. The number of hydrogen-bond donors (Lipinski definition) is 4. The smallest absolute Gasteiger partial charge is 0.272 e.